The van der Waals surface area contributed by atoms with E-state index in [2.05, 4.69) is 6.07 Å². The summed E-state index contributed by atoms with van der Waals surface area (Å²) in [6.07, 6.45) is -0.392. The average molecular weight is 538 g/mol. The highest BCUT2D eigenvalue weighted by Gasteiger charge is 2.38. The molecule has 0 unspecified atom stereocenters. The van der Waals surface area contributed by atoms with Crippen molar-refractivity contribution in [2.45, 2.75) is 37.4 Å². The van der Waals surface area contributed by atoms with Gasteiger partial charge < -0.3 is 9.84 Å². The number of sulfonamides is 1. The first-order chi connectivity index (χ1) is 18.1. The molecule has 0 saturated heterocycles. The predicted octanol–water partition coefficient (Wildman–Crippen LogP) is 4.26. The molecule has 3 aromatic rings. The predicted molar refractivity (Wildman–Crippen MR) is 143 cm³/mol. The van der Waals surface area contributed by atoms with E-state index in [4.69, 9.17) is 4.74 Å². The third-order valence-corrected chi connectivity index (χ3v) is 8.84. The maximum atomic E-state index is 13.7. The molecule has 0 spiro atoms. The van der Waals surface area contributed by atoms with Gasteiger partial charge in [0.05, 0.1) is 18.2 Å². The molecule has 3 aromatic carbocycles. The molecule has 0 amide bonds. The van der Waals surface area contributed by atoms with Gasteiger partial charge in [0.2, 0.25) is 10.0 Å². The zero-order chi connectivity index (χ0) is 27.4. The Kier molecular flexibility index (Phi) is 8.48. The number of aliphatic hydroxyl groups excluding tert-OH is 1. The van der Waals surface area contributed by atoms with Gasteiger partial charge in [-0.1, -0.05) is 37.3 Å². The Hall–Kier alpha value is -3.29. The van der Waals surface area contributed by atoms with Crippen LogP contribution in [0.15, 0.2) is 71.6 Å². The summed E-state index contributed by atoms with van der Waals surface area (Å²) < 4.78 is 48.9. The van der Waals surface area contributed by atoms with E-state index in [1.165, 1.54) is 22.5 Å². The fraction of sp³-hybridized carbons (Fsp3) is 0.345. The Bertz CT molecular complexity index is 1440. The molecule has 0 aromatic heterocycles. The summed E-state index contributed by atoms with van der Waals surface area (Å²) >= 11 is 0. The second-order valence-corrected chi connectivity index (χ2v) is 11.8. The molecular formula is C29H32FN3O4S. The molecule has 1 N–H and O–H groups in total. The molecule has 0 fully saturated rings. The normalized spacial score (nSPS) is 20.0. The van der Waals surface area contributed by atoms with Crippen molar-refractivity contribution in [3.05, 3.63) is 83.7 Å². The van der Waals surface area contributed by atoms with E-state index < -0.39 is 22.2 Å². The lowest BCUT2D eigenvalue weighted by Gasteiger charge is -2.37. The van der Waals surface area contributed by atoms with Crippen LogP contribution in [0.25, 0.3) is 11.1 Å². The summed E-state index contributed by atoms with van der Waals surface area (Å²) in [6.45, 7) is 4.43. The van der Waals surface area contributed by atoms with E-state index in [-0.39, 0.29) is 35.5 Å². The fourth-order valence-corrected chi connectivity index (χ4v) is 6.54. The lowest BCUT2D eigenvalue weighted by atomic mass is 10.0. The summed E-state index contributed by atoms with van der Waals surface area (Å²) in [7, 11) is -2.05. The largest absolute Gasteiger partial charge is 0.487 e. The van der Waals surface area contributed by atoms with E-state index in [0.717, 1.165) is 16.7 Å². The van der Waals surface area contributed by atoms with Crippen molar-refractivity contribution in [2.75, 3.05) is 26.7 Å². The topological polar surface area (TPSA) is 93.9 Å². The van der Waals surface area contributed by atoms with Gasteiger partial charge in [-0.2, -0.15) is 9.57 Å². The molecule has 3 atom stereocenters. The number of likely N-dealkylation sites (N-methyl/N-ethyl adjacent to an activating group) is 1. The fourth-order valence-electron chi connectivity index (χ4n) is 4.71. The number of benzene rings is 3. The summed E-state index contributed by atoms with van der Waals surface area (Å²) in [6, 6.07) is 19.9. The SMILES string of the molecule is C[C@@H]1CN([C@H](C)CO)S(=O)(=O)c2ccc(-c3cccc(C#N)c3)cc2O[C@H]1CN(C)Cc1cccc(F)c1. The summed E-state index contributed by atoms with van der Waals surface area (Å²) in [5, 5.41) is 19.2. The Morgan fingerprint density at radius 3 is 2.61 bits per heavy atom. The first-order valence-corrected chi connectivity index (χ1v) is 13.9. The van der Waals surface area contributed by atoms with Gasteiger partial charge in [0, 0.05) is 31.6 Å². The molecule has 0 saturated carbocycles. The van der Waals surface area contributed by atoms with Gasteiger partial charge in [0.25, 0.3) is 0 Å². The number of hydrogen-bond donors (Lipinski definition) is 1. The highest BCUT2D eigenvalue weighted by molar-refractivity contribution is 7.89. The Balaban J connectivity index is 1.73. The van der Waals surface area contributed by atoms with Crippen LogP contribution in [-0.2, 0) is 16.6 Å². The van der Waals surface area contributed by atoms with Crippen LogP contribution in [0.4, 0.5) is 4.39 Å². The van der Waals surface area contributed by atoms with Crippen molar-refractivity contribution >= 4 is 10.0 Å². The van der Waals surface area contributed by atoms with Gasteiger partial charge in [-0.25, -0.2) is 12.8 Å². The van der Waals surface area contributed by atoms with Crippen LogP contribution in [0.5, 0.6) is 5.75 Å². The smallest absolute Gasteiger partial charge is 0.247 e. The van der Waals surface area contributed by atoms with Gasteiger partial charge in [0.1, 0.15) is 22.6 Å². The van der Waals surface area contributed by atoms with Crippen molar-refractivity contribution in [3.8, 4) is 22.9 Å². The number of halogens is 1. The van der Waals surface area contributed by atoms with Crippen LogP contribution >= 0.6 is 0 Å². The zero-order valence-corrected chi connectivity index (χ0v) is 22.5. The first kappa shape index (κ1) is 27.7. The molecule has 0 bridgehead atoms. The third kappa shape index (κ3) is 6.05. The number of nitrogens with zero attached hydrogens (tertiary/aromatic N) is 3. The van der Waals surface area contributed by atoms with Crippen molar-refractivity contribution in [1.82, 2.24) is 9.21 Å². The minimum absolute atomic E-state index is 0.0303. The number of fused-ring (bicyclic) bond motifs is 1. The third-order valence-electron chi connectivity index (χ3n) is 6.83. The molecule has 200 valence electrons. The maximum Gasteiger partial charge on any atom is 0.247 e. The van der Waals surface area contributed by atoms with E-state index in [1.54, 1.807) is 43.3 Å². The van der Waals surface area contributed by atoms with E-state index >= 15 is 0 Å². The Labute approximate surface area is 223 Å². The highest BCUT2D eigenvalue weighted by Crippen LogP contribution is 2.36. The van der Waals surface area contributed by atoms with Crippen LogP contribution < -0.4 is 4.74 Å². The lowest BCUT2D eigenvalue weighted by molar-refractivity contribution is 0.0734. The zero-order valence-electron chi connectivity index (χ0n) is 21.7. The van der Waals surface area contributed by atoms with Gasteiger partial charge in [-0.15, -0.1) is 0 Å². The van der Waals surface area contributed by atoms with Gasteiger partial charge in [-0.3, -0.25) is 4.90 Å². The molecule has 1 aliphatic rings. The molecule has 7 nitrogen and oxygen atoms in total. The monoisotopic (exact) mass is 537 g/mol. The first-order valence-electron chi connectivity index (χ1n) is 12.5. The van der Waals surface area contributed by atoms with Crippen molar-refractivity contribution < 1.29 is 22.7 Å². The standard InChI is InChI=1S/C29H32FN3O4S/c1-20-16-33(21(2)19-34)38(35,36)29-11-10-25(24-8-4-6-22(12-24)15-31)14-27(29)37-28(20)18-32(3)17-23-7-5-9-26(30)13-23/h4-14,20-21,28,34H,16-19H2,1-3H3/t20-,21-,28+/m1/s1. The lowest BCUT2D eigenvalue weighted by Crippen LogP contribution is -2.49. The number of aliphatic hydroxyl groups is 1. The van der Waals surface area contributed by atoms with Crippen molar-refractivity contribution in [2.24, 2.45) is 5.92 Å². The van der Waals surface area contributed by atoms with Crippen molar-refractivity contribution in [3.63, 3.8) is 0 Å². The molecule has 4 rings (SSSR count). The van der Waals surface area contributed by atoms with Gasteiger partial charge >= 0.3 is 0 Å². The van der Waals surface area contributed by atoms with E-state index in [9.17, 15) is 23.2 Å². The second-order valence-electron chi connectivity index (χ2n) is 9.92. The van der Waals surface area contributed by atoms with Crippen LogP contribution in [-0.4, -0.2) is 61.6 Å². The molecule has 0 aliphatic carbocycles. The number of hydrogen-bond acceptors (Lipinski definition) is 6. The molecular weight excluding hydrogens is 505 g/mol. The molecule has 9 heteroatoms. The van der Waals surface area contributed by atoms with Crippen molar-refractivity contribution in [1.29, 1.82) is 5.26 Å². The molecule has 1 aliphatic heterocycles. The number of ether oxygens (including phenoxy) is 1. The van der Waals surface area contributed by atoms with E-state index in [0.29, 0.717) is 18.7 Å². The Morgan fingerprint density at radius 1 is 1.16 bits per heavy atom. The van der Waals surface area contributed by atoms with Crippen LogP contribution in [0.1, 0.15) is 25.0 Å². The average Bonchev–Trinajstić information content (AvgIpc) is 2.90. The molecule has 1 heterocycles. The van der Waals surface area contributed by atoms with Gasteiger partial charge in [0.15, 0.2) is 0 Å². The highest BCUT2D eigenvalue weighted by atomic mass is 32.2. The van der Waals surface area contributed by atoms with Gasteiger partial charge in [-0.05, 0) is 67.1 Å². The second kappa shape index (κ2) is 11.6. The summed E-state index contributed by atoms with van der Waals surface area (Å²) in [5.41, 5.74) is 2.81. The Morgan fingerprint density at radius 2 is 1.89 bits per heavy atom. The van der Waals surface area contributed by atoms with Crippen LogP contribution in [0.2, 0.25) is 0 Å². The van der Waals surface area contributed by atoms with E-state index in [1.807, 2.05) is 31.0 Å². The van der Waals surface area contributed by atoms with Crippen LogP contribution in [0.3, 0.4) is 0 Å². The summed E-state index contributed by atoms with van der Waals surface area (Å²) in [4.78, 5) is 2.05. The molecule has 38 heavy (non-hydrogen) atoms. The number of rotatable bonds is 7. The number of nitriles is 1. The molecule has 0 radical (unpaired) electrons. The quantitative estimate of drug-likeness (QED) is 0.484. The minimum Gasteiger partial charge on any atom is -0.487 e. The maximum absolute atomic E-state index is 13.7. The van der Waals surface area contributed by atoms with Crippen LogP contribution in [0, 0.1) is 23.1 Å². The minimum atomic E-state index is -3.96. The summed E-state index contributed by atoms with van der Waals surface area (Å²) in [5.74, 6) is -0.296.